The topological polar surface area (TPSA) is 41.3 Å². The number of hydrogen-bond donors (Lipinski definition) is 1. The summed E-state index contributed by atoms with van der Waals surface area (Å²) in [6.45, 7) is 12.6. The number of rotatable bonds is 0. The van der Waals surface area contributed by atoms with Gasteiger partial charge in [-0.3, -0.25) is 0 Å². The van der Waals surface area contributed by atoms with Gasteiger partial charge in [-0.05, 0) is 54.4 Å². The molecule has 19 heavy (non-hydrogen) atoms. The molecule has 0 aromatic rings. The third-order valence-corrected chi connectivity index (χ3v) is 4.95. The van der Waals surface area contributed by atoms with Crippen molar-refractivity contribution in [3.8, 4) is 0 Å². The predicted molar refractivity (Wildman–Crippen MR) is 74.0 cm³/mol. The monoisotopic (exact) mass is 266 g/mol. The van der Waals surface area contributed by atoms with Crippen molar-refractivity contribution in [3.63, 3.8) is 0 Å². The first-order chi connectivity index (χ1) is 8.55. The van der Waals surface area contributed by atoms with Crippen LogP contribution in [0, 0.1) is 5.92 Å². The molecule has 4 unspecified atom stereocenters. The van der Waals surface area contributed by atoms with Crippen LogP contribution in [0.3, 0.4) is 0 Å². The molecule has 2 bridgehead atoms. The summed E-state index contributed by atoms with van der Waals surface area (Å²) in [5.41, 5.74) is -0.442. The van der Waals surface area contributed by atoms with E-state index in [0.29, 0.717) is 12.0 Å². The average molecular weight is 266 g/mol. The lowest BCUT2D eigenvalue weighted by molar-refractivity contribution is -0.214. The molecule has 3 saturated heterocycles. The third kappa shape index (κ3) is 1.87. The van der Waals surface area contributed by atoms with Crippen molar-refractivity contribution in [3.05, 3.63) is 0 Å². The molecule has 4 fully saturated rings. The molecule has 1 aliphatic carbocycles. The summed E-state index contributed by atoms with van der Waals surface area (Å²) in [6.07, 6.45) is 2.24. The molecule has 4 nitrogen and oxygen atoms in total. The fourth-order valence-electron chi connectivity index (χ4n) is 4.27. The number of nitrogens with zero attached hydrogens (tertiary/aromatic N) is 1. The average Bonchev–Trinajstić information content (AvgIpc) is 2.88. The van der Waals surface area contributed by atoms with Gasteiger partial charge in [-0.1, -0.05) is 0 Å². The van der Waals surface area contributed by atoms with Gasteiger partial charge in [0.05, 0.1) is 23.3 Å². The molecule has 3 heterocycles. The van der Waals surface area contributed by atoms with E-state index >= 15 is 0 Å². The summed E-state index contributed by atoms with van der Waals surface area (Å²) in [5, 5.41) is 3.08. The van der Waals surface area contributed by atoms with Crippen LogP contribution >= 0.6 is 0 Å². The van der Waals surface area contributed by atoms with Crippen LogP contribution in [0.1, 0.15) is 54.4 Å². The highest BCUT2D eigenvalue weighted by Gasteiger charge is 2.73. The number of carbonyl (C=O) groups excluding carboxylic acids is 1. The maximum absolute atomic E-state index is 12.4. The highest BCUT2D eigenvalue weighted by molar-refractivity contribution is 5.79. The number of nitrogens with one attached hydrogen (secondary N) is 1. The fraction of sp³-hybridized carbons (Fsp3) is 0.933. The zero-order chi connectivity index (χ0) is 14.2. The van der Waals surface area contributed by atoms with Gasteiger partial charge >= 0.3 is 6.03 Å². The van der Waals surface area contributed by atoms with Crippen LogP contribution in [0.4, 0.5) is 4.79 Å². The van der Waals surface area contributed by atoms with Gasteiger partial charge in [0.15, 0.2) is 0 Å². The minimum absolute atomic E-state index is 0.0712. The Morgan fingerprint density at radius 2 is 1.95 bits per heavy atom. The molecular formula is C15H26N2O2. The van der Waals surface area contributed by atoms with E-state index < -0.39 is 0 Å². The van der Waals surface area contributed by atoms with Crippen molar-refractivity contribution < 1.29 is 9.53 Å². The van der Waals surface area contributed by atoms with E-state index in [4.69, 9.17) is 4.74 Å². The maximum atomic E-state index is 12.4. The van der Waals surface area contributed by atoms with Gasteiger partial charge in [-0.25, -0.2) is 4.79 Å². The van der Waals surface area contributed by atoms with Gasteiger partial charge in [-0.2, -0.15) is 0 Å². The van der Waals surface area contributed by atoms with E-state index in [-0.39, 0.29) is 28.8 Å². The van der Waals surface area contributed by atoms with E-state index in [1.807, 2.05) is 25.7 Å². The van der Waals surface area contributed by atoms with E-state index in [1.165, 1.54) is 6.42 Å². The number of fused-ring (bicyclic) bond motifs is 2. The Hall–Kier alpha value is -0.770. The van der Waals surface area contributed by atoms with Crippen LogP contribution in [0.2, 0.25) is 0 Å². The normalized spacial score (nSPS) is 42.8. The summed E-state index contributed by atoms with van der Waals surface area (Å²) < 4.78 is 6.30. The Morgan fingerprint density at radius 3 is 2.47 bits per heavy atom. The lowest BCUT2D eigenvalue weighted by atomic mass is 9.69. The summed E-state index contributed by atoms with van der Waals surface area (Å²) >= 11 is 0. The van der Waals surface area contributed by atoms with Gasteiger partial charge < -0.3 is 15.0 Å². The second-order valence-corrected chi connectivity index (χ2v) is 8.19. The van der Waals surface area contributed by atoms with Gasteiger partial charge in [-0.15, -0.1) is 0 Å². The Labute approximate surface area is 115 Å². The smallest absolute Gasteiger partial charge is 0.318 e. The first-order valence-electron chi connectivity index (χ1n) is 7.36. The summed E-state index contributed by atoms with van der Waals surface area (Å²) in [4.78, 5) is 14.4. The van der Waals surface area contributed by atoms with Crippen molar-refractivity contribution in [2.24, 2.45) is 5.92 Å². The van der Waals surface area contributed by atoms with Crippen LogP contribution in [-0.4, -0.2) is 39.8 Å². The molecule has 0 aromatic heterocycles. The van der Waals surface area contributed by atoms with Crippen molar-refractivity contribution in [1.29, 1.82) is 0 Å². The minimum atomic E-state index is -0.181. The lowest BCUT2D eigenvalue weighted by Gasteiger charge is -2.51. The minimum Gasteiger partial charge on any atom is -0.367 e. The Kier molecular flexibility index (Phi) is 2.41. The number of likely N-dealkylation sites (tertiary alicyclic amines) is 1. The van der Waals surface area contributed by atoms with Crippen molar-refractivity contribution in [2.75, 3.05) is 0 Å². The van der Waals surface area contributed by atoms with Crippen molar-refractivity contribution in [2.45, 2.75) is 83.2 Å². The molecule has 4 heteroatoms. The second-order valence-electron chi connectivity index (χ2n) is 8.19. The summed E-state index contributed by atoms with van der Waals surface area (Å²) in [7, 11) is 0. The highest BCUT2D eigenvalue weighted by Crippen LogP contribution is 2.60. The van der Waals surface area contributed by atoms with Crippen LogP contribution < -0.4 is 5.32 Å². The fourth-order valence-corrected chi connectivity index (χ4v) is 4.27. The first-order valence-corrected chi connectivity index (χ1v) is 7.36. The van der Waals surface area contributed by atoms with Gasteiger partial charge in [0, 0.05) is 11.5 Å². The molecule has 0 aromatic carbocycles. The standard InChI is InChI=1S/C15H26N2O2/c1-13(2,3)16-12(18)17-10-9-7-8-15(6,11(10)17)19-14(9,4)5/h9-11H,7-8H2,1-6H3,(H,16,18). The van der Waals surface area contributed by atoms with E-state index in [2.05, 4.69) is 26.1 Å². The van der Waals surface area contributed by atoms with Crippen molar-refractivity contribution >= 4 is 6.03 Å². The Bertz CT molecular complexity index is 426. The predicted octanol–water partition coefficient (Wildman–Crippen LogP) is 2.52. The molecule has 4 aliphatic rings. The molecule has 108 valence electrons. The molecule has 3 aliphatic heterocycles. The maximum Gasteiger partial charge on any atom is 0.318 e. The van der Waals surface area contributed by atoms with Crippen LogP contribution in [0.5, 0.6) is 0 Å². The van der Waals surface area contributed by atoms with E-state index in [9.17, 15) is 4.79 Å². The Morgan fingerprint density at radius 1 is 1.32 bits per heavy atom. The molecule has 4 atom stereocenters. The highest BCUT2D eigenvalue weighted by atomic mass is 16.5. The largest absolute Gasteiger partial charge is 0.367 e. The Balaban J connectivity index is 1.81. The van der Waals surface area contributed by atoms with Crippen LogP contribution in [0.25, 0.3) is 0 Å². The van der Waals surface area contributed by atoms with Gasteiger partial charge in [0.25, 0.3) is 0 Å². The number of carbonyl (C=O) groups is 1. The molecule has 2 amide bonds. The second kappa shape index (κ2) is 3.46. The molecule has 1 saturated carbocycles. The van der Waals surface area contributed by atoms with Crippen LogP contribution in [0.15, 0.2) is 0 Å². The van der Waals surface area contributed by atoms with E-state index in [1.54, 1.807) is 0 Å². The molecule has 0 spiro atoms. The summed E-state index contributed by atoms with van der Waals surface area (Å²) in [6, 6.07) is 0.730. The van der Waals surface area contributed by atoms with Gasteiger partial charge in [0.1, 0.15) is 0 Å². The zero-order valence-corrected chi connectivity index (χ0v) is 12.9. The van der Waals surface area contributed by atoms with Gasteiger partial charge in [0.2, 0.25) is 0 Å². The summed E-state index contributed by atoms with van der Waals surface area (Å²) in [5.74, 6) is 0.477. The third-order valence-electron chi connectivity index (χ3n) is 4.95. The molecular weight excluding hydrogens is 240 g/mol. The number of urea groups is 1. The lowest BCUT2D eigenvalue weighted by Crippen LogP contribution is -2.58. The molecule has 0 radical (unpaired) electrons. The SMILES string of the molecule is CC(C)(C)NC(=O)N1C2C3CCC(C)(OC3(C)C)C21. The van der Waals surface area contributed by atoms with E-state index in [0.717, 1.165) is 6.42 Å². The number of amides is 2. The molecule has 4 rings (SSSR count). The van der Waals surface area contributed by atoms with Crippen LogP contribution in [-0.2, 0) is 4.74 Å². The number of hydrogen-bond acceptors (Lipinski definition) is 2. The molecule has 1 N–H and O–H groups in total. The number of ether oxygens (including phenoxy) is 1. The van der Waals surface area contributed by atoms with Crippen molar-refractivity contribution in [1.82, 2.24) is 10.2 Å². The zero-order valence-electron chi connectivity index (χ0n) is 12.9. The quantitative estimate of drug-likeness (QED) is 0.685. The first kappa shape index (κ1) is 13.2.